The van der Waals surface area contributed by atoms with Crippen molar-refractivity contribution in [2.75, 3.05) is 10.2 Å². The summed E-state index contributed by atoms with van der Waals surface area (Å²) in [5, 5.41) is 3.57. The lowest BCUT2D eigenvalue weighted by molar-refractivity contribution is 0.660. The van der Waals surface area contributed by atoms with Crippen LogP contribution in [-0.4, -0.2) is 0 Å². The Morgan fingerprint density at radius 3 is 1.80 bits per heavy atom. The average molecular weight is 529 g/mol. The van der Waals surface area contributed by atoms with Crippen molar-refractivity contribution in [3.63, 3.8) is 0 Å². The van der Waals surface area contributed by atoms with Crippen LogP contribution in [0.2, 0.25) is 0 Å². The lowest BCUT2D eigenvalue weighted by atomic mass is 9.82. The Morgan fingerprint density at radius 1 is 0.439 bits per heavy atom. The Labute approximate surface area is 242 Å². The number of anilines is 5. The second kappa shape index (κ2) is 10.1. The standard InChI is InChI=1S/C39H32N2/c1-39(2)37-19-10-9-18-35(37)36-25-24-34(27-38(36)39)41(32-22-20-29(21-23-32)28-12-5-3-6-13-28)33-17-11-16-31(26-33)40-30-14-7-4-8-15-30/h3-27,40H,1-2H3. The average Bonchev–Trinajstić information content (AvgIpc) is 3.25. The molecular formula is C39H32N2. The third-order valence-corrected chi connectivity index (χ3v) is 8.22. The molecule has 0 heterocycles. The molecule has 0 aliphatic heterocycles. The van der Waals surface area contributed by atoms with Crippen molar-refractivity contribution in [2.24, 2.45) is 0 Å². The predicted octanol–water partition coefficient (Wildman–Crippen LogP) is 10.9. The maximum atomic E-state index is 3.57. The molecule has 1 aliphatic carbocycles. The highest BCUT2D eigenvalue weighted by molar-refractivity contribution is 5.86. The highest BCUT2D eigenvalue weighted by atomic mass is 15.1. The molecule has 7 rings (SSSR count). The minimum atomic E-state index is -0.0680. The van der Waals surface area contributed by atoms with E-state index in [1.807, 2.05) is 6.07 Å². The first-order valence-corrected chi connectivity index (χ1v) is 14.2. The number of fused-ring (bicyclic) bond motifs is 3. The Bertz CT molecular complexity index is 1820. The monoisotopic (exact) mass is 528 g/mol. The minimum absolute atomic E-state index is 0.0680. The largest absolute Gasteiger partial charge is 0.355 e. The highest BCUT2D eigenvalue weighted by Crippen LogP contribution is 2.50. The second-order valence-corrected chi connectivity index (χ2v) is 11.2. The third-order valence-electron chi connectivity index (χ3n) is 8.22. The van der Waals surface area contributed by atoms with Crippen LogP contribution in [0, 0.1) is 0 Å². The van der Waals surface area contributed by atoms with Gasteiger partial charge in [-0.3, -0.25) is 0 Å². The van der Waals surface area contributed by atoms with Gasteiger partial charge in [0.15, 0.2) is 0 Å². The zero-order chi connectivity index (χ0) is 27.8. The summed E-state index contributed by atoms with van der Waals surface area (Å²) in [5.41, 5.74) is 13.3. The quantitative estimate of drug-likeness (QED) is 0.231. The van der Waals surface area contributed by atoms with E-state index in [2.05, 4.69) is 170 Å². The van der Waals surface area contributed by atoms with Gasteiger partial charge in [0.1, 0.15) is 0 Å². The summed E-state index contributed by atoms with van der Waals surface area (Å²) in [7, 11) is 0. The van der Waals surface area contributed by atoms with Gasteiger partial charge in [-0.15, -0.1) is 0 Å². The number of nitrogens with zero attached hydrogens (tertiary/aromatic N) is 1. The molecule has 0 saturated carbocycles. The molecule has 198 valence electrons. The van der Waals surface area contributed by atoms with Crippen LogP contribution in [0.25, 0.3) is 22.3 Å². The molecule has 0 amide bonds. The van der Waals surface area contributed by atoms with E-state index >= 15 is 0 Å². The number of rotatable bonds is 6. The Morgan fingerprint density at radius 2 is 1.02 bits per heavy atom. The van der Waals surface area contributed by atoms with Crippen LogP contribution in [0.5, 0.6) is 0 Å². The fraction of sp³-hybridized carbons (Fsp3) is 0.0769. The zero-order valence-corrected chi connectivity index (χ0v) is 23.4. The van der Waals surface area contributed by atoms with E-state index in [0.29, 0.717) is 0 Å². The molecule has 1 aliphatic rings. The normalized spacial score (nSPS) is 12.8. The van der Waals surface area contributed by atoms with E-state index < -0.39 is 0 Å². The molecule has 0 unspecified atom stereocenters. The number of benzene rings is 6. The first kappa shape index (κ1) is 24.9. The molecule has 0 spiro atoms. The summed E-state index contributed by atoms with van der Waals surface area (Å²) in [6.07, 6.45) is 0. The van der Waals surface area contributed by atoms with E-state index in [1.165, 1.54) is 33.4 Å². The van der Waals surface area contributed by atoms with Crippen molar-refractivity contribution >= 4 is 28.4 Å². The number of nitrogens with one attached hydrogen (secondary N) is 1. The summed E-state index contributed by atoms with van der Waals surface area (Å²) in [6, 6.07) is 54.2. The van der Waals surface area contributed by atoms with Gasteiger partial charge >= 0.3 is 0 Å². The van der Waals surface area contributed by atoms with E-state index in [-0.39, 0.29) is 5.41 Å². The van der Waals surface area contributed by atoms with Crippen molar-refractivity contribution in [2.45, 2.75) is 19.3 Å². The fourth-order valence-electron chi connectivity index (χ4n) is 6.12. The van der Waals surface area contributed by atoms with Crippen LogP contribution in [0.3, 0.4) is 0 Å². The summed E-state index contributed by atoms with van der Waals surface area (Å²) < 4.78 is 0. The fourth-order valence-corrected chi connectivity index (χ4v) is 6.12. The summed E-state index contributed by atoms with van der Waals surface area (Å²) >= 11 is 0. The second-order valence-electron chi connectivity index (χ2n) is 11.2. The zero-order valence-electron chi connectivity index (χ0n) is 23.4. The van der Waals surface area contributed by atoms with Crippen molar-refractivity contribution in [1.29, 1.82) is 0 Å². The van der Waals surface area contributed by atoms with Gasteiger partial charge in [-0.1, -0.05) is 111 Å². The molecule has 6 aromatic carbocycles. The van der Waals surface area contributed by atoms with Gasteiger partial charge in [-0.25, -0.2) is 0 Å². The lowest BCUT2D eigenvalue weighted by Gasteiger charge is -2.28. The molecule has 2 heteroatoms. The van der Waals surface area contributed by atoms with Gasteiger partial charge in [0.05, 0.1) is 0 Å². The van der Waals surface area contributed by atoms with Crippen molar-refractivity contribution < 1.29 is 0 Å². The summed E-state index contributed by atoms with van der Waals surface area (Å²) in [4.78, 5) is 2.37. The van der Waals surface area contributed by atoms with Gasteiger partial charge in [-0.05, 0) is 88.0 Å². The molecule has 0 atom stereocenters. The van der Waals surface area contributed by atoms with Crippen molar-refractivity contribution in [3.8, 4) is 22.3 Å². The number of hydrogen-bond acceptors (Lipinski definition) is 2. The topological polar surface area (TPSA) is 15.3 Å². The summed E-state index contributed by atoms with van der Waals surface area (Å²) in [5.74, 6) is 0. The predicted molar refractivity (Wildman–Crippen MR) is 174 cm³/mol. The van der Waals surface area contributed by atoms with Crippen LogP contribution >= 0.6 is 0 Å². The van der Waals surface area contributed by atoms with Gasteiger partial charge < -0.3 is 10.2 Å². The van der Waals surface area contributed by atoms with Gasteiger partial charge in [0.25, 0.3) is 0 Å². The molecule has 0 fully saturated rings. The molecule has 1 N–H and O–H groups in total. The molecule has 0 saturated heterocycles. The molecule has 6 aromatic rings. The Hall–Kier alpha value is -5.08. The van der Waals surface area contributed by atoms with E-state index in [0.717, 1.165) is 28.4 Å². The first-order valence-electron chi connectivity index (χ1n) is 14.2. The number of hydrogen-bond donors (Lipinski definition) is 1. The van der Waals surface area contributed by atoms with Crippen LogP contribution in [0.15, 0.2) is 152 Å². The molecule has 0 radical (unpaired) electrons. The van der Waals surface area contributed by atoms with Crippen molar-refractivity contribution in [1.82, 2.24) is 0 Å². The van der Waals surface area contributed by atoms with Crippen LogP contribution < -0.4 is 10.2 Å². The maximum Gasteiger partial charge on any atom is 0.0482 e. The third kappa shape index (κ3) is 4.58. The van der Waals surface area contributed by atoms with Crippen LogP contribution in [0.4, 0.5) is 28.4 Å². The smallest absolute Gasteiger partial charge is 0.0482 e. The highest BCUT2D eigenvalue weighted by Gasteiger charge is 2.35. The molecule has 2 nitrogen and oxygen atoms in total. The molecule has 0 aromatic heterocycles. The number of para-hydroxylation sites is 1. The minimum Gasteiger partial charge on any atom is -0.355 e. The van der Waals surface area contributed by atoms with E-state index in [1.54, 1.807) is 0 Å². The van der Waals surface area contributed by atoms with Crippen molar-refractivity contribution in [3.05, 3.63) is 163 Å². The van der Waals surface area contributed by atoms with Crippen LogP contribution in [0.1, 0.15) is 25.0 Å². The SMILES string of the molecule is CC1(C)c2ccccc2-c2ccc(N(c3ccc(-c4ccccc4)cc3)c3cccc(Nc4ccccc4)c3)cc21. The first-order chi connectivity index (χ1) is 20.1. The molecule has 41 heavy (non-hydrogen) atoms. The summed E-state index contributed by atoms with van der Waals surface area (Å²) in [6.45, 7) is 4.68. The Kier molecular flexibility index (Phi) is 6.17. The molecule has 0 bridgehead atoms. The maximum absolute atomic E-state index is 3.57. The Balaban J connectivity index is 1.34. The van der Waals surface area contributed by atoms with Gasteiger partial charge in [0.2, 0.25) is 0 Å². The van der Waals surface area contributed by atoms with E-state index in [9.17, 15) is 0 Å². The van der Waals surface area contributed by atoms with E-state index in [4.69, 9.17) is 0 Å². The van der Waals surface area contributed by atoms with Gasteiger partial charge in [-0.2, -0.15) is 0 Å². The van der Waals surface area contributed by atoms with Crippen LogP contribution in [-0.2, 0) is 5.41 Å². The van der Waals surface area contributed by atoms with Gasteiger partial charge in [0, 0.05) is 33.9 Å². The lowest BCUT2D eigenvalue weighted by Crippen LogP contribution is -2.16. The molecular weight excluding hydrogens is 496 g/mol.